The van der Waals surface area contributed by atoms with E-state index in [4.69, 9.17) is 4.74 Å². The van der Waals surface area contributed by atoms with Crippen molar-refractivity contribution in [1.29, 1.82) is 0 Å². The molecule has 0 aliphatic carbocycles. The molecule has 1 aromatic heterocycles. The summed E-state index contributed by atoms with van der Waals surface area (Å²) in [6, 6.07) is 12.6. The maximum Gasteiger partial charge on any atom is 0.272 e. The van der Waals surface area contributed by atoms with Gasteiger partial charge in [0.05, 0.1) is 0 Å². The summed E-state index contributed by atoms with van der Waals surface area (Å²) in [4.78, 5) is 4.13. The van der Waals surface area contributed by atoms with Gasteiger partial charge in [0.25, 0.3) is 6.43 Å². The third-order valence-corrected chi connectivity index (χ3v) is 2.41. The van der Waals surface area contributed by atoms with E-state index < -0.39 is 13.0 Å². The molecule has 0 fully saturated rings. The largest absolute Gasteiger partial charge is 0.488 e. The lowest BCUT2D eigenvalue weighted by Gasteiger charge is -2.08. The molecule has 0 aliphatic heterocycles. The third-order valence-electron chi connectivity index (χ3n) is 2.41. The lowest BCUT2D eigenvalue weighted by atomic mass is 10.2. The highest BCUT2D eigenvalue weighted by molar-refractivity contribution is 5.36. The molecule has 3 nitrogen and oxygen atoms in total. The Kier molecular flexibility index (Phi) is 4.66. The Labute approximate surface area is 110 Å². The van der Waals surface area contributed by atoms with Crippen molar-refractivity contribution in [3.05, 3.63) is 54.2 Å². The molecule has 0 unspecified atom stereocenters. The number of pyridine rings is 1. The van der Waals surface area contributed by atoms with Crippen LogP contribution < -0.4 is 10.1 Å². The first kappa shape index (κ1) is 13.3. The van der Waals surface area contributed by atoms with Crippen LogP contribution in [0.5, 0.6) is 5.75 Å². The van der Waals surface area contributed by atoms with Crippen molar-refractivity contribution >= 4 is 5.82 Å². The first-order chi connectivity index (χ1) is 9.24. The molecule has 2 rings (SSSR count). The van der Waals surface area contributed by atoms with Gasteiger partial charge in [-0.05, 0) is 29.8 Å². The van der Waals surface area contributed by atoms with Crippen molar-refractivity contribution in [2.75, 3.05) is 11.9 Å². The summed E-state index contributed by atoms with van der Waals surface area (Å²) in [6.45, 7) is -0.0278. The van der Waals surface area contributed by atoms with Gasteiger partial charge in [0.1, 0.15) is 18.2 Å². The molecule has 0 spiro atoms. The standard InChI is InChI=1S/C14H14F2N2O/c15-13(16)10-19-12-5-3-4-11(8-12)9-18-14-6-1-2-7-17-14/h1-8,13H,9-10H2,(H,17,18). The zero-order valence-electron chi connectivity index (χ0n) is 10.2. The quantitative estimate of drug-likeness (QED) is 0.869. The molecule has 5 heteroatoms. The summed E-state index contributed by atoms with van der Waals surface area (Å²) in [5.74, 6) is 1.21. The topological polar surface area (TPSA) is 34.1 Å². The monoisotopic (exact) mass is 264 g/mol. The minimum Gasteiger partial charge on any atom is -0.488 e. The fourth-order valence-electron chi connectivity index (χ4n) is 1.56. The van der Waals surface area contributed by atoms with Gasteiger partial charge in [-0.25, -0.2) is 13.8 Å². The van der Waals surface area contributed by atoms with Gasteiger partial charge in [0.15, 0.2) is 0 Å². The van der Waals surface area contributed by atoms with E-state index in [9.17, 15) is 8.78 Å². The van der Waals surface area contributed by atoms with Crippen molar-refractivity contribution < 1.29 is 13.5 Å². The second-order valence-corrected chi connectivity index (χ2v) is 3.92. The zero-order chi connectivity index (χ0) is 13.5. The van der Waals surface area contributed by atoms with E-state index in [0.717, 1.165) is 11.4 Å². The van der Waals surface area contributed by atoms with Crippen molar-refractivity contribution in [1.82, 2.24) is 4.98 Å². The van der Waals surface area contributed by atoms with Crippen LogP contribution >= 0.6 is 0 Å². The first-order valence-electron chi connectivity index (χ1n) is 5.89. The summed E-state index contributed by atoms with van der Waals surface area (Å²) >= 11 is 0. The maximum atomic E-state index is 12.0. The normalized spacial score (nSPS) is 10.5. The number of nitrogens with one attached hydrogen (secondary N) is 1. The molecule has 1 N–H and O–H groups in total. The number of rotatable bonds is 6. The average Bonchev–Trinajstić information content (AvgIpc) is 2.44. The van der Waals surface area contributed by atoms with Crippen molar-refractivity contribution in [2.24, 2.45) is 0 Å². The van der Waals surface area contributed by atoms with Gasteiger partial charge in [-0.15, -0.1) is 0 Å². The minimum absolute atomic E-state index is 0.445. The summed E-state index contributed by atoms with van der Waals surface area (Å²) in [5, 5.41) is 3.14. The molecule has 0 radical (unpaired) electrons. The molecule has 0 saturated heterocycles. The predicted octanol–water partition coefficient (Wildman–Crippen LogP) is 3.34. The van der Waals surface area contributed by atoms with Crippen LogP contribution in [0.1, 0.15) is 5.56 Å². The fraction of sp³-hybridized carbons (Fsp3) is 0.214. The molecule has 0 aliphatic rings. The van der Waals surface area contributed by atoms with Crippen molar-refractivity contribution in [3.63, 3.8) is 0 Å². The van der Waals surface area contributed by atoms with E-state index in [2.05, 4.69) is 10.3 Å². The molecule has 1 heterocycles. The maximum absolute atomic E-state index is 12.0. The van der Waals surface area contributed by atoms with E-state index in [-0.39, 0.29) is 0 Å². The highest BCUT2D eigenvalue weighted by Crippen LogP contribution is 2.15. The summed E-state index contributed by atoms with van der Waals surface area (Å²) < 4.78 is 29.1. The Morgan fingerprint density at radius 3 is 2.79 bits per heavy atom. The molecule has 19 heavy (non-hydrogen) atoms. The summed E-state index contributed by atoms with van der Waals surface area (Å²) in [6.07, 6.45) is -0.764. The van der Waals surface area contributed by atoms with Crippen LogP contribution in [0.15, 0.2) is 48.7 Å². The van der Waals surface area contributed by atoms with E-state index >= 15 is 0 Å². The molecular weight excluding hydrogens is 250 g/mol. The first-order valence-corrected chi connectivity index (χ1v) is 5.89. The number of aromatic nitrogens is 1. The van der Waals surface area contributed by atoms with Crippen LogP contribution in [-0.4, -0.2) is 18.0 Å². The number of anilines is 1. The number of alkyl halides is 2. The molecule has 1 aromatic carbocycles. The van der Waals surface area contributed by atoms with E-state index in [0.29, 0.717) is 12.3 Å². The van der Waals surface area contributed by atoms with E-state index in [1.165, 1.54) is 0 Å². The molecule has 0 bridgehead atoms. The highest BCUT2D eigenvalue weighted by Gasteiger charge is 2.04. The second-order valence-electron chi connectivity index (χ2n) is 3.92. The number of nitrogens with zero attached hydrogens (tertiary/aromatic N) is 1. The van der Waals surface area contributed by atoms with Crippen LogP contribution in [0, 0.1) is 0 Å². The van der Waals surface area contributed by atoms with Gasteiger partial charge in [-0.3, -0.25) is 0 Å². The highest BCUT2D eigenvalue weighted by atomic mass is 19.3. The van der Waals surface area contributed by atoms with Gasteiger partial charge in [0, 0.05) is 12.7 Å². The number of hydrogen-bond acceptors (Lipinski definition) is 3. The lowest BCUT2D eigenvalue weighted by molar-refractivity contribution is 0.0818. The van der Waals surface area contributed by atoms with Crippen molar-refractivity contribution in [3.8, 4) is 5.75 Å². The number of ether oxygens (including phenoxy) is 1. The Balaban J connectivity index is 1.91. The van der Waals surface area contributed by atoms with Crippen LogP contribution in [-0.2, 0) is 6.54 Å². The predicted molar refractivity (Wildman–Crippen MR) is 69.5 cm³/mol. The zero-order valence-corrected chi connectivity index (χ0v) is 10.2. The Morgan fingerprint density at radius 1 is 1.16 bits per heavy atom. The molecule has 0 amide bonds. The van der Waals surface area contributed by atoms with Crippen LogP contribution in [0.25, 0.3) is 0 Å². The van der Waals surface area contributed by atoms with Gasteiger partial charge >= 0.3 is 0 Å². The number of halogens is 2. The van der Waals surface area contributed by atoms with Crippen LogP contribution in [0.4, 0.5) is 14.6 Å². The van der Waals surface area contributed by atoms with Crippen molar-refractivity contribution in [2.45, 2.75) is 13.0 Å². The molecule has 100 valence electrons. The summed E-state index contributed by atoms with van der Waals surface area (Å²) in [7, 11) is 0. The van der Waals surface area contributed by atoms with E-state index in [1.54, 1.807) is 24.4 Å². The average molecular weight is 264 g/mol. The van der Waals surface area contributed by atoms with E-state index in [1.807, 2.05) is 24.3 Å². The Hall–Kier alpha value is -2.17. The molecular formula is C14H14F2N2O. The van der Waals surface area contributed by atoms with Gasteiger partial charge < -0.3 is 10.1 Å². The SMILES string of the molecule is FC(F)COc1cccc(CNc2ccccn2)c1. The lowest BCUT2D eigenvalue weighted by Crippen LogP contribution is -2.07. The van der Waals surface area contributed by atoms with Crippen LogP contribution in [0.2, 0.25) is 0 Å². The van der Waals surface area contributed by atoms with Gasteiger partial charge in [-0.2, -0.15) is 0 Å². The number of hydrogen-bond donors (Lipinski definition) is 1. The van der Waals surface area contributed by atoms with Crippen LogP contribution in [0.3, 0.4) is 0 Å². The molecule has 0 saturated carbocycles. The smallest absolute Gasteiger partial charge is 0.272 e. The Morgan fingerprint density at radius 2 is 2.05 bits per heavy atom. The minimum atomic E-state index is -2.46. The summed E-state index contributed by atoms with van der Waals surface area (Å²) in [5.41, 5.74) is 0.942. The third kappa shape index (κ3) is 4.54. The van der Waals surface area contributed by atoms with Gasteiger partial charge in [0.2, 0.25) is 0 Å². The van der Waals surface area contributed by atoms with Gasteiger partial charge in [-0.1, -0.05) is 18.2 Å². The fourth-order valence-corrected chi connectivity index (χ4v) is 1.56. The Bertz CT molecular complexity index is 506. The second kappa shape index (κ2) is 6.68. The molecule has 2 aromatic rings. The molecule has 0 atom stereocenters. The number of benzene rings is 1.